The first-order valence-electron chi connectivity index (χ1n) is 9.85. The third-order valence-corrected chi connectivity index (χ3v) is 5.07. The number of rotatable bonds is 2. The summed E-state index contributed by atoms with van der Waals surface area (Å²) in [7, 11) is 0. The Bertz CT molecular complexity index is 1320. The number of benzene rings is 1. The second kappa shape index (κ2) is 9.04. The van der Waals surface area contributed by atoms with Crippen molar-refractivity contribution in [1.29, 1.82) is 5.26 Å². The fraction of sp³-hybridized carbons (Fsp3) is 0.167. The number of allylic oxidation sites excluding steroid dienone is 1. The molecule has 0 saturated heterocycles. The van der Waals surface area contributed by atoms with Crippen molar-refractivity contribution in [3.8, 4) is 22.9 Å². The van der Waals surface area contributed by atoms with Gasteiger partial charge in [-0.3, -0.25) is 19.3 Å². The molecule has 0 N–H and O–H groups in total. The maximum Gasteiger partial charge on any atom is 0.263 e. The topological polar surface area (TPSA) is 80.3 Å². The van der Waals surface area contributed by atoms with Gasteiger partial charge in [0.1, 0.15) is 17.7 Å². The highest BCUT2D eigenvalue weighted by atomic mass is 19.1. The first-order valence-corrected chi connectivity index (χ1v) is 9.85. The molecule has 1 aliphatic rings. The van der Waals surface area contributed by atoms with Gasteiger partial charge >= 0.3 is 0 Å². The number of nitrogens with zero attached hydrogens (tertiary/aromatic N) is 4. The largest absolute Gasteiger partial charge is 0.368 e. The van der Waals surface area contributed by atoms with Crippen molar-refractivity contribution in [2.24, 2.45) is 4.99 Å². The Balaban J connectivity index is 2.03. The van der Waals surface area contributed by atoms with E-state index in [1.807, 2.05) is 6.07 Å². The Labute approximate surface area is 182 Å². The van der Waals surface area contributed by atoms with Crippen LogP contribution in [0.15, 0.2) is 70.5 Å². The smallest absolute Gasteiger partial charge is 0.263 e. The summed E-state index contributed by atoms with van der Waals surface area (Å²) < 4.78 is 35.4. The van der Waals surface area contributed by atoms with Crippen LogP contribution >= 0.6 is 0 Å². The molecular weight excluding hydrogens is 414 g/mol. The van der Waals surface area contributed by atoms with E-state index in [2.05, 4.69) is 9.98 Å². The van der Waals surface area contributed by atoms with E-state index in [0.29, 0.717) is 16.9 Å². The lowest BCUT2D eigenvalue weighted by Crippen LogP contribution is -2.27. The van der Waals surface area contributed by atoms with E-state index in [0.717, 1.165) is 12.3 Å². The van der Waals surface area contributed by atoms with Crippen LogP contribution in [-0.4, -0.2) is 21.9 Å². The van der Waals surface area contributed by atoms with Crippen molar-refractivity contribution in [2.75, 3.05) is 0 Å². The van der Waals surface area contributed by atoms with E-state index in [4.69, 9.17) is 4.74 Å². The number of halogens is 2. The summed E-state index contributed by atoms with van der Waals surface area (Å²) in [5.74, 6) is -1.25. The van der Waals surface area contributed by atoms with E-state index in [1.165, 1.54) is 29.0 Å². The molecule has 1 unspecified atom stereocenters. The number of nitriles is 1. The monoisotopic (exact) mass is 432 g/mol. The molecule has 0 amide bonds. The Morgan fingerprint density at radius 2 is 2.06 bits per heavy atom. The van der Waals surface area contributed by atoms with Gasteiger partial charge in [0.2, 0.25) is 0 Å². The van der Waals surface area contributed by atoms with Crippen molar-refractivity contribution in [3.63, 3.8) is 0 Å². The molecule has 32 heavy (non-hydrogen) atoms. The molecule has 0 radical (unpaired) electrons. The lowest BCUT2D eigenvalue weighted by atomic mass is 9.98. The minimum Gasteiger partial charge on any atom is -0.368 e. The third kappa shape index (κ3) is 4.11. The average molecular weight is 432 g/mol. The summed E-state index contributed by atoms with van der Waals surface area (Å²) in [5, 5.41) is 9.48. The van der Waals surface area contributed by atoms with Crippen LogP contribution in [0.3, 0.4) is 0 Å². The molecule has 0 fully saturated rings. The van der Waals surface area contributed by atoms with E-state index < -0.39 is 23.3 Å². The van der Waals surface area contributed by atoms with Gasteiger partial charge in [-0.2, -0.15) is 5.26 Å². The lowest BCUT2D eigenvalue weighted by molar-refractivity contribution is 0.0788. The number of fused-ring (bicyclic) bond motifs is 1. The van der Waals surface area contributed by atoms with Crippen molar-refractivity contribution in [1.82, 2.24) is 9.55 Å². The van der Waals surface area contributed by atoms with Gasteiger partial charge < -0.3 is 4.74 Å². The van der Waals surface area contributed by atoms with Crippen LogP contribution in [0.1, 0.15) is 23.7 Å². The zero-order chi connectivity index (χ0) is 22.7. The van der Waals surface area contributed by atoms with Crippen LogP contribution in [0, 0.1) is 17.1 Å². The minimum absolute atomic E-state index is 0.00840. The molecule has 3 aromatic rings. The number of pyridine rings is 2. The normalized spacial score (nSPS) is 17.7. The molecule has 0 aliphatic carbocycles. The average Bonchev–Trinajstić information content (AvgIpc) is 2.78. The lowest BCUT2D eigenvalue weighted by Gasteiger charge is -2.20. The van der Waals surface area contributed by atoms with Crippen LogP contribution in [0.25, 0.3) is 16.8 Å². The maximum atomic E-state index is 14.3. The number of aliphatic imine (C=N–C) groups is 1. The van der Waals surface area contributed by atoms with E-state index >= 15 is 0 Å². The minimum atomic E-state index is -0.722. The zero-order valence-corrected chi connectivity index (χ0v) is 17.1. The van der Waals surface area contributed by atoms with Gasteiger partial charge in [0, 0.05) is 17.3 Å². The molecule has 1 atom stereocenters. The van der Waals surface area contributed by atoms with Gasteiger partial charge in [0.05, 0.1) is 48.6 Å². The molecule has 3 heterocycles. The molecule has 0 spiro atoms. The quantitative estimate of drug-likeness (QED) is 0.606. The standard InChI is InChI=1S/C24H18F2N4O2/c1-15-8-17(25)12-29-11-16-9-20(19-5-2-6-22(26)21(19)10-27)24(31)30(23(16)14-32-15)18-4-3-7-28-13-18/h2-9,12-13,15H,11,14H2,1H3/b17-8+,29-12?. The highest BCUT2D eigenvalue weighted by molar-refractivity contribution is 5.76. The Morgan fingerprint density at radius 3 is 2.81 bits per heavy atom. The summed E-state index contributed by atoms with van der Waals surface area (Å²) >= 11 is 0. The van der Waals surface area contributed by atoms with Crippen LogP contribution in [-0.2, 0) is 17.9 Å². The molecule has 2 aromatic heterocycles. The van der Waals surface area contributed by atoms with Crippen LogP contribution < -0.4 is 5.56 Å². The second-order valence-electron chi connectivity index (χ2n) is 7.19. The third-order valence-electron chi connectivity index (χ3n) is 5.07. The van der Waals surface area contributed by atoms with Gasteiger partial charge in [0.15, 0.2) is 0 Å². The van der Waals surface area contributed by atoms with Gasteiger partial charge in [-0.25, -0.2) is 8.78 Å². The van der Waals surface area contributed by atoms with Crippen molar-refractivity contribution >= 4 is 6.21 Å². The molecule has 8 heteroatoms. The SMILES string of the molecule is CC1/C=C(/F)C=NCc2cc(-c3cccc(F)c3C#N)c(=O)n(-c3cccnc3)c2CO1. The first-order chi connectivity index (χ1) is 15.5. The molecule has 0 bridgehead atoms. The summed E-state index contributed by atoms with van der Waals surface area (Å²) in [6.45, 7) is 1.75. The summed E-state index contributed by atoms with van der Waals surface area (Å²) in [6.07, 6.45) is 4.93. The van der Waals surface area contributed by atoms with Gasteiger partial charge in [0.25, 0.3) is 5.56 Å². The molecule has 4 rings (SSSR count). The number of hydrogen-bond acceptors (Lipinski definition) is 5. The predicted molar refractivity (Wildman–Crippen MR) is 116 cm³/mol. The highest BCUT2D eigenvalue weighted by Crippen LogP contribution is 2.27. The van der Waals surface area contributed by atoms with Crippen LogP contribution in [0.2, 0.25) is 0 Å². The van der Waals surface area contributed by atoms with Crippen LogP contribution in [0.4, 0.5) is 8.78 Å². The summed E-state index contributed by atoms with van der Waals surface area (Å²) in [4.78, 5) is 21.9. The van der Waals surface area contributed by atoms with E-state index in [1.54, 1.807) is 31.3 Å². The van der Waals surface area contributed by atoms with Crippen molar-refractivity contribution in [3.05, 3.63) is 93.7 Å². The Morgan fingerprint density at radius 1 is 1.22 bits per heavy atom. The second-order valence-corrected chi connectivity index (χ2v) is 7.19. The zero-order valence-electron chi connectivity index (χ0n) is 17.1. The fourth-order valence-electron chi connectivity index (χ4n) is 3.57. The Hall–Kier alpha value is -3.96. The highest BCUT2D eigenvalue weighted by Gasteiger charge is 2.21. The number of hydrogen-bond donors (Lipinski definition) is 0. The van der Waals surface area contributed by atoms with Gasteiger partial charge in [-0.15, -0.1) is 0 Å². The first kappa shape index (κ1) is 21.3. The van der Waals surface area contributed by atoms with E-state index in [9.17, 15) is 18.8 Å². The molecular formula is C24H18F2N4O2. The van der Waals surface area contributed by atoms with Gasteiger partial charge in [-0.1, -0.05) is 12.1 Å². The molecule has 0 saturated carbocycles. The maximum absolute atomic E-state index is 14.3. The summed E-state index contributed by atoms with van der Waals surface area (Å²) in [6, 6.07) is 10.9. The van der Waals surface area contributed by atoms with Crippen molar-refractivity contribution in [2.45, 2.75) is 26.2 Å². The van der Waals surface area contributed by atoms with Crippen LogP contribution in [0.5, 0.6) is 0 Å². The molecule has 6 nitrogen and oxygen atoms in total. The summed E-state index contributed by atoms with van der Waals surface area (Å²) in [5.41, 5.74) is 1.17. The van der Waals surface area contributed by atoms with Crippen molar-refractivity contribution < 1.29 is 13.5 Å². The van der Waals surface area contributed by atoms with E-state index in [-0.39, 0.29) is 29.8 Å². The number of aromatic nitrogens is 2. The molecule has 1 aliphatic heterocycles. The molecule has 160 valence electrons. The molecule has 1 aromatic carbocycles. The number of ether oxygens (including phenoxy) is 1. The van der Waals surface area contributed by atoms with Gasteiger partial charge in [-0.05, 0) is 42.8 Å². The predicted octanol–water partition coefficient (Wildman–Crippen LogP) is 4.25. The Kier molecular flexibility index (Phi) is 6.01. The fourth-order valence-corrected chi connectivity index (χ4v) is 3.57.